The van der Waals surface area contributed by atoms with Crippen LogP contribution in [0.3, 0.4) is 0 Å². The molecule has 13 nitrogen and oxygen atoms in total. The number of carbonyl (C=O) groups excluding carboxylic acids is 1. The number of aryl methyl sites for hydroxylation is 1. The van der Waals surface area contributed by atoms with E-state index in [9.17, 15) is 13.2 Å². The Kier molecular flexibility index (Phi) is 12.7. The molecule has 0 N–H and O–H groups in total. The van der Waals surface area contributed by atoms with Crippen molar-refractivity contribution in [2.45, 2.75) is 70.0 Å². The van der Waals surface area contributed by atoms with Crippen molar-refractivity contribution in [1.82, 2.24) is 19.7 Å². The third-order valence-electron chi connectivity index (χ3n) is 10.3. The van der Waals surface area contributed by atoms with Gasteiger partial charge in [-0.05, 0) is 82.4 Å². The van der Waals surface area contributed by atoms with Gasteiger partial charge in [0.05, 0.1) is 66.5 Å². The standard InChI is InChI=1S/C41H41BrClF3N6O7S/c1-5-58-39(53)37-36(42)33-22-50(15-6-16-52(33)49-37)38-30-23-59-34(19-32(30)47-40(48-38)60(4,54)55)29-17-26(18-31(43)35(29)41(44,45)46)51(20-24-7-11-27(56-2)12-8-24)21-25-9-13-28(57-3)14-10-25/h7-14,17-18,34H,5-6,15-16,19-23H2,1-4H3/t34-/m0/s1. The highest BCUT2D eigenvalue weighted by Gasteiger charge is 2.41. The first-order valence-electron chi connectivity index (χ1n) is 18.9. The van der Waals surface area contributed by atoms with E-state index in [1.807, 2.05) is 34.1 Å². The van der Waals surface area contributed by atoms with Crippen molar-refractivity contribution in [3.63, 3.8) is 0 Å². The SMILES string of the molecule is CCOC(=O)c1nn2c(c1Br)CN(c1nc(S(C)(=O)=O)nc3c1CO[C@H](c1cc(N(Cc4ccc(OC)cc4)Cc4ccc(OC)cc4)cc(Cl)c1C(F)(F)F)C3)CCC2. The van der Waals surface area contributed by atoms with Gasteiger partial charge in [0, 0.05) is 50.1 Å². The van der Waals surface area contributed by atoms with Crippen LogP contribution in [0.15, 0.2) is 70.3 Å². The first-order chi connectivity index (χ1) is 28.6. The lowest BCUT2D eigenvalue weighted by Gasteiger charge is -2.33. The minimum atomic E-state index is -4.87. The number of aromatic nitrogens is 4. The molecule has 4 heterocycles. The predicted octanol–water partition coefficient (Wildman–Crippen LogP) is 8.14. The molecule has 0 unspecified atom stereocenters. The second-order valence-electron chi connectivity index (χ2n) is 14.3. The summed E-state index contributed by atoms with van der Waals surface area (Å²) in [5.74, 6) is 0.965. The summed E-state index contributed by atoms with van der Waals surface area (Å²) in [6.45, 7) is 3.24. The van der Waals surface area contributed by atoms with Crippen LogP contribution in [0, 0.1) is 0 Å². The molecule has 0 radical (unpaired) electrons. The number of ether oxygens (including phenoxy) is 4. The average molecular weight is 934 g/mol. The van der Waals surface area contributed by atoms with Gasteiger partial charge in [0.15, 0.2) is 5.69 Å². The van der Waals surface area contributed by atoms with E-state index in [2.05, 4.69) is 31.0 Å². The van der Waals surface area contributed by atoms with Gasteiger partial charge in [-0.1, -0.05) is 35.9 Å². The highest BCUT2D eigenvalue weighted by molar-refractivity contribution is 9.10. The van der Waals surface area contributed by atoms with Crippen molar-refractivity contribution in [3.8, 4) is 11.5 Å². The molecule has 0 aliphatic carbocycles. The van der Waals surface area contributed by atoms with Crippen molar-refractivity contribution in [3.05, 3.63) is 115 Å². The van der Waals surface area contributed by atoms with Crippen LogP contribution in [0.5, 0.6) is 11.5 Å². The zero-order valence-electron chi connectivity index (χ0n) is 33.1. The fraction of sp³-hybridized carbons (Fsp3) is 0.366. The molecule has 0 amide bonds. The smallest absolute Gasteiger partial charge is 0.418 e. The van der Waals surface area contributed by atoms with Crippen molar-refractivity contribution < 1.29 is 45.3 Å². The maximum Gasteiger partial charge on any atom is 0.418 e. The minimum Gasteiger partial charge on any atom is -0.497 e. The summed E-state index contributed by atoms with van der Waals surface area (Å²) in [6.07, 6.45) is -4.79. The van der Waals surface area contributed by atoms with Crippen LogP contribution >= 0.6 is 27.5 Å². The molecule has 19 heteroatoms. The zero-order valence-corrected chi connectivity index (χ0v) is 36.2. The van der Waals surface area contributed by atoms with Crippen molar-refractivity contribution in [2.75, 3.05) is 43.4 Å². The number of benzene rings is 3. The quantitative estimate of drug-likeness (QED) is 0.0882. The fourth-order valence-corrected chi connectivity index (χ4v) is 8.77. The topological polar surface area (TPSA) is 138 Å². The van der Waals surface area contributed by atoms with Gasteiger partial charge in [-0.25, -0.2) is 23.2 Å². The van der Waals surface area contributed by atoms with E-state index in [-0.39, 0.29) is 48.9 Å². The van der Waals surface area contributed by atoms with Crippen LogP contribution < -0.4 is 19.3 Å². The van der Waals surface area contributed by atoms with E-state index < -0.39 is 43.8 Å². The summed E-state index contributed by atoms with van der Waals surface area (Å²) in [4.78, 5) is 25.3. The highest BCUT2D eigenvalue weighted by Crippen LogP contribution is 2.46. The molecular formula is C41H41BrClF3N6O7S. The molecule has 0 spiro atoms. The molecule has 60 heavy (non-hydrogen) atoms. The maximum absolute atomic E-state index is 15.0. The number of fused-ring (bicyclic) bond motifs is 2. The Bertz CT molecular complexity index is 2460. The number of alkyl halides is 3. The van der Waals surface area contributed by atoms with Crippen LogP contribution in [-0.2, 0) is 64.7 Å². The van der Waals surface area contributed by atoms with Crippen LogP contribution in [-0.4, -0.2) is 67.8 Å². The number of esters is 1. The highest BCUT2D eigenvalue weighted by atomic mass is 79.9. The maximum atomic E-state index is 15.0. The van der Waals surface area contributed by atoms with E-state index in [1.54, 1.807) is 50.1 Å². The first-order valence-corrected chi connectivity index (χ1v) is 21.9. The summed E-state index contributed by atoms with van der Waals surface area (Å²) in [6, 6.07) is 17.5. The molecule has 2 aliphatic heterocycles. The lowest BCUT2D eigenvalue weighted by molar-refractivity contribution is -0.139. The van der Waals surface area contributed by atoms with Crippen molar-refractivity contribution in [2.24, 2.45) is 0 Å². The molecule has 3 aromatic carbocycles. The lowest BCUT2D eigenvalue weighted by Crippen LogP contribution is -2.30. The normalized spacial score (nSPS) is 15.5. The van der Waals surface area contributed by atoms with Gasteiger partial charge in [0.2, 0.25) is 15.0 Å². The average Bonchev–Trinajstić information content (AvgIpc) is 3.37. The summed E-state index contributed by atoms with van der Waals surface area (Å²) in [5.41, 5.74) is 2.25. The molecular weight excluding hydrogens is 893 g/mol. The van der Waals surface area contributed by atoms with Gasteiger partial charge in [-0.2, -0.15) is 18.3 Å². The number of anilines is 2. The van der Waals surface area contributed by atoms with Gasteiger partial charge < -0.3 is 28.7 Å². The van der Waals surface area contributed by atoms with Crippen LogP contribution in [0.25, 0.3) is 0 Å². The number of methoxy groups -OCH3 is 2. The number of rotatable bonds is 12. The Balaban J connectivity index is 1.29. The second kappa shape index (κ2) is 17.6. The third-order valence-corrected chi connectivity index (χ3v) is 12.2. The van der Waals surface area contributed by atoms with Gasteiger partial charge in [-0.3, -0.25) is 4.68 Å². The monoisotopic (exact) mass is 932 g/mol. The number of nitrogens with zero attached hydrogens (tertiary/aromatic N) is 6. The first kappa shape index (κ1) is 43.2. The molecule has 7 rings (SSSR count). The molecule has 0 saturated heterocycles. The minimum absolute atomic E-state index is 0.106. The molecule has 2 aliphatic rings. The molecule has 0 fully saturated rings. The lowest BCUT2D eigenvalue weighted by atomic mass is 9.94. The zero-order chi connectivity index (χ0) is 42.9. The van der Waals surface area contributed by atoms with Gasteiger partial charge in [0.25, 0.3) is 0 Å². The van der Waals surface area contributed by atoms with E-state index in [4.69, 9.17) is 30.5 Å². The number of hydrogen-bond donors (Lipinski definition) is 0. The fourth-order valence-electron chi connectivity index (χ4n) is 7.34. The number of halogens is 5. The van der Waals surface area contributed by atoms with Crippen LogP contribution in [0.2, 0.25) is 5.02 Å². The molecule has 2 aromatic heterocycles. The van der Waals surface area contributed by atoms with Crippen LogP contribution in [0.4, 0.5) is 24.7 Å². The van der Waals surface area contributed by atoms with Gasteiger partial charge in [-0.15, -0.1) is 0 Å². The Morgan fingerprint density at radius 1 is 1.00 bits per heavy atom. The van der Waals surface area contributed by atoms with E-state index in [1.165, 1.54) is 12.1 Å². The summed E-state index contributed by atoms with van der Waals surface area (Å²) >= 11 is 10.1. The molecule has 318 valence electrons. The molecule has 0 saturated carbocycles. The molecule has 1 atom stereocenters. The van der Waals surface area contributed by atoms with Gasteiger partial charge >= 0.3 is 12.1 Å². The summed E-state index contributed by atoms with van der Waals surface area (Å²) in [5, 5.41) is 3.46. The molecule has 0 bridgehead atoms. The second-order valence-corrected chi connectivity index (χ2v) is 17.4. The number of hydrogen-bond acceptors (Lipinski definition) is 12. The van der Waals surface area contributed by atoms with Crippen LogP contribution in [0.1, 0.15) is 69.1 Å². The van der Waals surface area contributed by atoms with E-state index in [0.29, 0.717) is 65.5 Å². The Labute approximate surface area is 358 Å². The predicted molar refractivity (Wildman–Crippen MR) is 220 cm³/mol. The Morgan fingerprint density at radius 3 is 2.20 bits per heavy atom. The summed E-state index contributed by atoms with van der Waals surface area (Å²) in [7, 11) is -0.875. The van der Waals surface area contributed by atoms with Crippen molar-refractivity contribution >= 4 is 54.8 Å². The Morgan fingerprint density at radius 2 is 1.63 bits per heavy atom. The summed E-state index contributed by atoms with van der Waals surface area (Å²) < 4.78 is 95.4. The number of carbonyl (C=O) groups is 1. The van der Waals surface area contributed by atoms with E-state index >= 15 is 13.2 Å². The third kappa shape index (κ3) is 9.21. The largest absolute Gasteiger partial charge is 0.497 e. The molecule has 5 aromatic rings. The van der Waals surface area contributed by atoms with Gasteiger partial charge in [0.1, 0.15) is 17.3 Å². The van der Waals surface area contributed by atoms with E-state index in [0.717, 1.165) is 17.4 Å². The number of sulfone groups is 1. The Hall–Kier alpha value is -4.91. The van der Waals surface area contributed by atoms with Crippen molar-refractivity contribution in [1.29, 1.82) is 0 Å².